The smallest absolute Gasteiger partial charge is 0.252 e. The van der Waals surface area contributed by atoms with E-state index in [0.717, 1.165) is 0 Å². The summed E-state index contributed by atoms with van der Waals surface area (Å²) in [5, 5.41) is -0.503. The van der Waals surface area contributed by atoms with Crippen LogP contribution in [0.2, 0.25) is 0 Å². The van der Waals surface area contributed by atoms with Crippen LogP contribution < -0.4 is 5.73 Å². The predicted molar refractivity (Wildman–Crippen MR) is 56.4 cm³/mol. The number of nitrogens with two attached hydrogens (primary N) is 1. The van der Waals surface area contributed by atoms with Gasteiger partial charge in [-0.15, -0.1) is 0 Å². The lowest BCUT2D eigenvalue weighted by atomic mass is 10.2. The number of hydrogen-bond acceptors (Lipinski definition) is 2. The SMILES string of the molecule is Nc1c(Br)cc(C(=O)Cl)cc1Br. The van der Waals surface area contributed by atoms with E-state index in [-0.39, 0.29) is 0 Å². The molecule has 1 rings (SSSR count). The molecule has 2 nitrogen and oxygen atoms in total. The van der Waals surface area contributed by atoms with Crippen LogP contribution in [-0.4, -0.2) is 5.24 Å². The Morgan fingerprint density at radius 1 is 1.33 bits per heavy atom. The Kier molecular flexibility index (Phi) is 3.15. The molecule has 0 bridgehead atoms. The molecule has 0 unspecified atom stereocenters. The second-order valence-electron chi connectivity index (χ2n) is 2.13. The zero-order valence-corrected chi connectivity index (χ0v) is 9.70. The van der Waals surface area contributed by atoms with Gasteiger partial charge >= 0.3 is 0 Å². The van der Waals surface area contributed by atoms with Gasteiger partial charge in [0.05, 0.1) is 5.69 Å². The van der Waals surface area contributed by atoms with Crippen molar-refractivity contribution in [3.05, 3.63) is 26.6 Å². The van der Waals surface area contributed by atoms with Gasteiger partial charge in [-0.3, -0.25) is 4.79 Å². The molecule has 0 radical (unpaired) electrons. The minimum Gasteiger partial charge on any atom is -0.397 e. The predicted octanol–water partition coefficient (Wildman–Crippen LogP) is 3.17. The van der Waals surface area contributed by atoms with Gasteiger partial charge in [-0.2, -0.15) is 0 Å². The summed E-state index contributed by atoms with van der Waals surface area (Å²) in [5.74, 6) is 0. The van der Waals surface area contributed by atoms with Crippen LogP contribution in [0.1, 0.15) is 10.4 Å². The van der Waals surface area contributed by atoms with Crippen molar-refractivity contribution in [1.82, 2.24) is 0 Å². The molecular weight excluding hydrogens is 309 g/mol. The molecule has 5 heteroatoms. The summed E-state index contributed by atoms with van der Waals surface area (Å²) < 4.78 is 1.31. The molecule has 0 atom stereocenters. The quantitative estimate of drug-likeness (QED) is 0.639. The van der Waals surface area contributed by atoms with Crippen LogP contribution in [0.25, 0.3) is 0 Å². The highest BCUT2D eigenvalue weighted by Crippen LogP contribution is 2.29. The molecule has 0 spiro atoms. The van der Waals surface area contributed by atoms with E-state index in [0.29, 0.717) is 20.2 Å². The molecule has 0 aliphatic heterocycles. The Balaban J connectivity index is 3.31. The zero-order valence-electron chi connectivity index (χ0n) is 5.77. The lowest BCUT2D eigenvalue weighted by Gasteiger charge is -2.02. The van der Waals surface area contributed by atoms with E-state index in [2.05, 4.69) is 31.9 Å². The second-order valence-corrected chi connectivity index (χ2v) is 4.18. The third-order valence-corrected chi connectivity index (χ3v) is 2.84. The van der Waals surface area contributed by atoms with Crippen LogP contribution >= 0.6 is 43.5 Å². The first-order valence-electron chi connectivity index (χ1n) is 2.96. The van der Waals surface area contributed by atoms with E-state index in [4.69, 9.17) is 17.3 Å². The molecule has 0 aliphatic carbocycles. The van der Waals surface area contributed by atoms with Gasteiger partial charge in [0.2, 0.25) is 0 Å². The maximum Gasteiger partial charge on any atom is 0.252 e. The van der Waals surface area contributed by atoms with Crippen molar-refractivity contribution in [2.75, 3.05) is 5.73 Å². The monoisotopic (exact) mass is 311 g/mol. The lowest BCUT2D eigenvalue weighted by molar-refractivity contribution is 0.108. The highest BCUT2D eigenvalue weighted by atomic mass is 79.9. The first-order chi connectivity index (χ1) is 5.52. The molecule has 2 N–H and O–H groups in total. The number of carbonyl (C=O) groups is 1. The van der Waals surface area contributed by atoms with Crippen LogP contribution in [-0.2, 0) is 0 Å². The van der Waals surface area contributed by atoms with Gasteiger partial charge in [-0.25, -0.2) is 0 Å². The number of nitrogen functional groups attached to an aromatic ring is 1. The molecule has 1 aromatic carbocycles. The van der Waals surface area contributed by atoms with Crippen molar-refractivity contribution in [2.45, 2.75) is 0 Å². The molecule has 0 heterocycles. The standard InChI is InChI=1S/C7H4Br2ClNO/c8-4-1-3(7(10)12)2-5(9)6(4)11/h1-2H,11H2. The van der Waals surface area contributed by atoms with Gasteiger partial charge in [0.25, 0.3) is 5.24 Å². The van der Waals surface area contributed by atoms with Crippen LogP contribution in [0.5, 0.6) is 0 Å². The minimum absolute atomic E-state index is 0.407. The fraction of sp³-hybridized carbons (Fsp3) is 0. The van der Waals surface area contributed by atoms with Crippen molar-refractivity contribution in [3.8, 4) is 0 Å². The maximum absolute atomic E-state index is 10.7. The first kappa shape index (κ1) is 10.0. The Bertz CT molecular complexity index is 317. The van der Waals surface area contributed by atoms with Crippen molar-refractivity contribution in [1.29, 1.82) is 0 Å². The van der Waals surface area contributed by atoms with E-state index >= 15 is 0 Å². The molecular formula is C7H4Br2ClNO. The van der Waals surface area contributed by atoms with E-state index < -0.39 is 5.24 Å². The third kappa shape index (κ3) is 2.00. The summed E-state index contributed by atoms with van der Waals surface area (Å²) in [6.45, 7) is 0. The number of hydrogen-bond donors (Lipinski definition) is 1. The molecule has 0 saturated heterocycles. The van der Waals surface area contributed by atoms with E-state index in [1.807, 2.05) is 0 Å². The fourth-order valence-corrected chi connectivity index (χ4v) is 1.99. The van der Waals surface area contributed by atoms with Crippen molar-refractivity contribution in [2.24, 2.45) is 0 Å². The van der Waals surface area contributed by atoms with Crippen LogP contribution in [0.15, 0.2) is 21.1 Å². The number of anilines is 1. The molecule has 0 aromatic heterocycles. The van der Waals surface area contributed by atoms with Gasteiger partial charge < -0.3 is 5.73 Å². The zero-order chi connectivity index (χ0) is 9.30. The molecule has 0 fully saturated rings. The average molecular weight is 313 g/mol. The topological polar surface area (TPSA) is 43.1 Å². The van der Waals surface area contributed by atoms with Crippen LogP contribution in [0, 0.1) is 0 Å². The fourth-order valence-electron chi connectivity index (χ4n) is 0.698. The van der Waals surface area contributed by atoms with E-state index in [1.165, 1.54) is 0 Å². The molecule has 0 saturated carbocycles. The molecule has 64 valence electrons. The van der Waals surface area contributed by atoms with Crippen molar-refractivity contribution >= 4 is 54.4 Å². The van der Waals surface area contributed by atoms with Crippen molar-refractivity contribution in [3.63, 3.8) is 0 Å². The first-order valence-corrected chi connectivity index (χ1v) is 4.93. The normalized spacial score (nSPS) is 9.92. The van der Waals surface area contributed by atoms with Gasteiger partial charge in [0.15, 0.2) is 0 Å². The van der Waals surface area contributed by atoms with Gasteiger partial charge in [-0.1, -0.05) is 0 Å². The van der Waals surface area contributed by atoms with E-state index in [1.54, 1.807) is 12.1 Å². The summed E-state index contributed by atoms with van der Waals surface area (Å²) >= 11 is 11.7. The summed E-state index contributed by atoms with van der Waals surface area (Å²) in [6.07, 6.45) is 0. The Morgan fingerprint density at radius 3 is 2.08 bits per heavy atom. The summed E-state index contributed by atoms with van der Waals surface area (Å²) in [4.78, 5) is 10.7. The largest absolute Gasteiger partial charge is 0.397 e. The number of halogens is 3. The Labute approximate surface area is 91.3 Å². The maximum atomic E-state index is 10.7. The highest BCUT2D eigenvalue weighted by Gasteiger charge is 2.07. The number of benzene rings is 1. The third-order valence-electron chi connectivity index (χ3n) is 1.31. The highest BCUT2D eigenvalue weighted by molar-refractivity contribution is 9.11. The molecule has 12 heavy (non-hydrogen) atoms. The van der Waals surface area contributed by atoms with Gasteiger partial charge in [0, 0.05) is 14.5 Å². The van der Waals surface area contributed by atoms with Crippen LogP contribution in [0.4, 0.5) is 5.69 Å². The van der Waals surface area contributed by atoms with Gasteiger partial charge in [-0.05, 0) is 55.6 Å². The van der Waals surface area contributed by atoms with Crippen LogP contribution in [0.3, 0.4) is 0 Å². The number of carbonyl (C=O) groups excluding carboxylic acids is 1. The molecule has 1 aromatic rings. The van der Waals surface area contributed by atoms with E-state index in [9.17, 15) is 4.79 Å². The summed E-state index contributed by atoms with van der Waals surface area (Å²) in [7, 11) is 0. The Morgan fingerprint density at radius 2 is 1.75 bits per heavy atom. The average Bonchev–Trinajstić information content (AvgIpc) is 1.99. The lowest BCUT2D eigenvalue weighted by Crippen LogP contribution is -1.94. The molecule has 0 amide bonds. The molecule has 0 aliphatic rings. The number of rotatable bonds is 1. The van der Waals surface area contributed by atoms with Crippen molar-refractivity contribution < 1.29 is 4.79 Å². The van der Waals surface area contributed by atoms with Gasteiger partial charge in [0.1, 0.15) is 0 Å². The minimum atomic E-state index is -0.503. The summed E-state index contributed by atoms with van der Waals surface area (Å²) in [6, 6.07) is 3.16. The summed E-state index contributed by atoms with van der Waals surface area (Å²) in [5.41, 5.74) is 6.56. The Hall–Kier alpha value is -0.0600. The second kappa shape index (κ2) is 3.77.